The Hall–Kier alpha value is -2.21. The van der Waals surface area contributed by atoms with Gasteiger partial charge >= 0.3 is 5.97 Å². The van der Waals surface area contributed by atoms with Crippen LogP contribution in [0.2, 0.25) is 0 Å². The summed E-state index contributed by atoms with van der Waals surface area (Å²) in [5.41, 5.74) is 0.993. The average molecular weight is 290 g/mol. The molecule has 2 aromatic heterocycles. The summed E-state index contributed by atoms with van der Waals surface area (Å²) in [5.74, 6) is -1.63. The Bertz CT molecular complexity index is 611. The second-order valence-corrected chi connectivity index (χ2v) is 5.19. The predicted octanol–water partition coefficient (Wildman–Crippen LogP) is 2.20. The Morgan fingerprint density at radius 2 is 2.25 bits per heavy atom. The standard InChI is InChI=1S/C14H14N2O3S/c1-9(7-10-4-6-20-8-10)16-13(17)12-11(14(18)19)3-2-5-15-12/h2-6,8-9H,7H2,1H3,(H,16,17)(H,18,19). The van der Waals surface area contributed by atoms with E-state index in [1.807, 2.05) is 23.8 Å². The van der Waals surface area contributed by atoms with Gasteiger partial charge in [0.05, 0.1) is 5.56 Å². The molecule has 2 aromatic rings. The summed E-state index contributed by atoms with van der Waals surface area (Å²) in [4.78, 5) is 27.0. The van der Waals surface area contributed by atoms with Crippen molar-refractivity contribution in [3.05, 3.63) is 52.0 Å². The van der Waals surface area contributed by atoms with E-state index in [4.69, 9.17) is 5.11 Å². The van der Waals surface area contributed by atoms with Gasteiger partial charge in [-0.25, -0.2) is 4.79 Å². The summed E-state index contributed by atoms with van der Waals surface area (Å²) in [6, 6.07) is 4.76. The molecule has 6 heteroatoms. The molecule has 0 aliphatic carbocycles. The Labute approximate surface area is 120 Å². The van der Waals surface area contributed by atoms with Crippen molar-refractivity contribution in [2.45, 2.75) is 19.4 Å². The van der Waals surface area contributed by atoms with E-state index in [1.54, 1.807) is 11.3 Å². The molecular weight excluding hydrogens is 276 g/mol. The molecule has 0 saturated carbocycles. The minimum Gasteiger partial charge on any atom is -0.478 e. The molecule has 1 atom stereocenters. The topological polar surface area (TPSA) is 79.3 Å². The van der Waals surface area contributed by atoms with Crippen LogP contribution in [0.4, 0.5) is 0 Å². The van der Waals surface area contributed by atoms with E-state index in [1.165, 1.54) is 18.3 Å². The van der Waals surface area contributed by atoms with Gasteiger partial charge in [-0.3, -0.25) is 9.78 Å². The number of hydrogen-bond acceptors (Lipinski definition) is 4. The van der Waals surface area contributed by atoms with Crippen LogP contribution < -0.4 is 5.32 Å². The number of thiophene rings is 1. The number of nitrogens with zero attached hydrogens (tertiary/aromatic N) is 1. The summed E-state index contributed by atoms with van der Waals surface area (Å²) in [6.45, 7) is 1.87. The van der Waals surface area contributed by atoms with Gasteiger partial charge in [0.25, 0.3) is 5.91 Å². The highest BCUT2D eigenvalue weighted by Crippen LogP contribution is 2.10. The number of aromatic carboxylic acids is 1. The van der Waals surface area contributed by atoms with Crippen molar-refractivity contribution in [1.29, 1.82) is 0 Å². The summed E-state index contributed by atoms with van der Waals surface area (Å²) in [5, 5.41) is 15.8. The van der Waals surface area contributed by atoms with Crippen molar-refractivity contribution in [2.75, 3.05) is 0 Å². The number of rotatable bonds is 5. The minimum absolute atomic E-state index is 0.0582. The van der Waals surface area contributed by atoms with E-state index in [-0.39, 0.29) is 17.3 Å². The number of carboxylic acids is 1. The number of pyridine rings is 1. The van der Waals surface area contributed by atoms with Crippen LogP contribution in [0.1, 0.15) is 33.3 Å². The van der Waals surface area contributed by atoms with Crippen molar-refractivity contribution in [3.63, 3.8) is 0 Å². The van der Waals surface area contributed by atoms with E-state index < -0.39 is 11.9 Å². The monoisotopic (exact) mass is 290 g/mol. The molecule has 0 fully saturated rings. The molecule has 0 spiro atoms. The lowest BCUT2D eigenvalue weighted by atomic mass is 10.1. The van der Waals surface area contributed by atoms with Crippen molar-refractivity contribution >= 4 is 23.2 Å². The Balaban J connectivity index is 2.06. The summed E-state index contributed by atoms with van der Waals surface area (Å²) < 4.78 is 0. The van der Waals surface area contributed by atoms with Gasteiger partial charge in [-0.15, -0.1) is 0 Å². The molecule has 104 valence electrons. The van der Waals surface area contributed by atoms with Crippen LogP contribution in [0.15, 0.2) is 35.2 Å². The number of carbonyl (C=O) groups is 2. The van der Waals surface area contributed by atoms with Gasteiger partial charge in [0.15, 0.2) is 0 Å². The van der Waals surface area contributed by atoms with Gasteiger partial charge in [0, 0.05) is 12.2 Å². The first-order valence-electron chi connectivity index (χ1n) is 6.08. The van der Waals surface area contributed by atoms with E-state index in [9.17, 15) is 9.59 Å². The normalized spacial score (nSPS) is 11.8. The number of carbonyl (C=O) groups excluding carboxylic acids is 1. The minimum atomic E-state index is -1.16. The number of nitrogens with one attached hydrogen (secondary N) is 1. The van der Waals surface area contributed by atoms with Crippen LogP contribution in [-0.4, -0.2) is 28.0 Å². The van der Waals surface area contributed by atoms with Crippen molar-refractivity contribution in [3.8, 4) is 0 Å². The van der Waals surface area contributed by atoms with Crippen LogP contribution in [-0.2, 0) is 6.42 Å². The third-order valence-electron chi connectivity index (χ3n) is 2.75. The number of hydrogen-bond donors (Lipinski definition) is 2. The molecule has 20 heavy (non-hydrogen) atoms. The van der Waals surface area contributed by atoms with Gasteiger partial charge in [-0.2, -0.15) is 11.3 Å². The molecule has 0 aliphatic heterocycles. The zero-order valence-electron chi connectivity index (χ0n) is 10.9. The smallest absolute Gasteiger partial charge is 0.338 e. The largest absolute Gasteiger partial charge is 0.478 e. The van der Waals surface area contributed by atoms with E-state index in [0.717, 1.165) is 5.56 Å². The average Bonchev–Trinajstić information content (AvgIpc) is 2.91. The van der Waals surface area contributed by atoms with Crippen LogP contribution in [0.25, 0.3) is 0 Å². The van der Waals surface area contributed by atoms with Crippen LogP contribution >= 0.6 is 11.3 Å². The third-order valence-corrected chi connectivity index (χ3v) is 3.48. The first-order valence-corrected chi connectivity index (χ1v) is 7.02. The first kappa shape index (κ1) is 14.2. The van der Waals surface area contributed by atoms with E-state index >= 15 is 0 Å². The maximum absolute atomic E-state index is 12.1. The molecule has 0 bridgehead atoms. The second kappa shape index (κ2) is 6.29. The van der Waals surface area contributed by atoms with Crippen LogP contribution in [0.5, 0.6) is 0 Å². The first-order chi connectivity index (χ1) is 9.58. The highest BCUT2D eigenvalue weighted by Gasteiger charge is 2.19. The highest BCUT2D eigenvalue weighted by atomic mass is 32.1. The predicted molar refractivity (Wildman–Crippen MR) is 76.1 cm³/mol. The zero-order valence-corrected chi connectivity index (χ0v) is 11.7. The lowest BCUT2D eigenvalue weighted by Crippen LogP contribution is -2.35. The lowest BCUT2D eigenvalue weighted by molar-refractivity contribution is 0.0689. The summed E-state index contributed by atoms with van der Waals surface area (Å²) in [7, 11) is 0. The molecule has 1 unspecified atom stereocenters. The fourth-order valence-electron chi connectivity index (χ4n) is 1.86. The highest BCUT2D eigenvalue weighted by molar-refractivity contribution is 7.07. The second-order valence-electron chi connectivity index (χ2n) is 4.41. The Morgan fingerprint density at radius 1 is 1.45 bits per heavy atom. The maximum Gasteiger partial charge on any atom is 0.338 e. The van der Waals surface area contributed by atoms with Gasteiger partial charge in [-0.05, 0) is 47.9 Å². The number of amides is 1. The lowest BCUT2D eigenvalue weighted by Gasteiger charge is -2.13. The van der Waals surface area contributed by atoms with Gasteiger partial charge < -0.3 is 10.4 Å². The van der Waals surface area contributed by atoms with Crippen molar-refractivity contribution < 1.29 is 14.7 Å². The molecule has 2 rings (SSSR count). The molecule has 5 nitrogen and oxygen atoms in total. The third kappa shape index (κ3) is 3.42. The zero-order chi connectivity index (χ0) is 14.5. The molecule has 0 aromatic carbocycles. The summed E-state index contributed by atoms with van der Waals surface area (Å²) >= 11 is 1.60. The number of aromatic nitrogens is 1. The van der Waals surface area contributed by atoms with Gasteiger partial charge in [-0.1, -0.05) is 0 Å². The Kier molecular flexibility index (Phi) is 4.47. The quantitative estimate of drug-likeness (QED) is 0.884. The summed E-state index contributed by atoms with van der Waals surface area (Å²) in [6.07, 6.45) is 2.11. The maximum atomic E-state index is 12.1. The van der Waals surface area contributed by atoms with Crippen LogP contribution in [0.3, 0.4) is 0 Å². The van der Waals surface area contributed by atoms with E-state index in [0.29, 0.717) is 6.42 Å². The fourth-order valence-corrected chi connectivity index (χ4v) is 2.55. The molecule has 0 aliphatic rings. The molecule has 1 amide bonds. The molecule has 2 heterocycles. The van der Waals surface area contributed by atoms with E-state index in [2.05, 4.69) is 10.3 Å². The molecule has 0 radical (unpaired) electrons. The Morgan fingerprint density at radius 3 is 2.90 bits per heavy atom. The molecule has 2 N–H and O–H groups in total. The van der Waals surface area contributed by atoms with Gasteiger partial charge in [0.2, 0.25) is 0 Å². The van der Waals surface area contributed by atoms with Crippen LogP contribution in [0, 0.1) is 0 Å². The van der Waals surface area contributed by atoms with Gasteiger partial charge in [0.1, 0.15) is 5.69 Å². The molecule has 0 saturated heterocycles. The fraction of sp³-hybridized carbons (Fsp3) is 0.214. The van der Waals surface area contributed by atoms with Crippen molar-refractivity contribution in [2.24, 2.45) is 0 Å². The SMILES string of the molecule is CC(Cc1ccsc1)NC(=O)c1ncccc1C(=O)O. The number of carboxylic acid groups (broad SMARTS) is 1. The molecular formula is C14H14N2O3S. The van der Waals surface area contributed by atoms with Crippen molar-refractivity contribution in [1.82, 2.24) is 10.3 Å².